The van der Waals surface area contributed by atoms with E-state index < -0.39 is 137 Å². The van der Waals surface area contributed by atoms with Crippen LogP contribution in [0.4, 0.5) is 0 Å². The zero-order chi connectivity index (χ0) is 40.4. The molecule has 0 radical (unpaired) electrons. The molecule has 16 N–H and O–H groups in total. The summed E-state index contributed by atoms with van der Waals surface area (Å²) >= 11 is 0. The highest BCUT2D eigenvalue weighted by molar-refractivity contribution is 6.22. The molecule has 20 heteroatoms. The summed E-state index contributed by atoms with van der Waals surface area (Å²) in [5.74, 6) is -14.3. The maximum Gasteiger partial charge on any atom is 0.352 e. The van der Waals surface area contributed by atoms with E-state index in [1.54, 1.807) is 0 Å². The van der Waals surface area contributed by atoms with E-state index in [-0.39, 0.29) is 32.6 Å². The molecule has 8 rings (SSSR count). The van der Waals surface area contributed by atoms with Crippen LogP contribution in [0.3, 0.4) is 0 Å². The van der Waals surface area contributed by atoms with E-state index in [2.05, 4.69) is 19.9 Å². The standard InChI is InChI=1S/C36H22N4O16/c41-16-2-7-1-12(33(49)50)38-24(7)21(28(16)44)19-9-4-14(35(53)54)40-26(9)23(32(48)29(19)45)20-10-5-15(36(55)56)39-25(10)22(31(47)30(20)46)18-8-3-13(34(51)52)37-11(8)6-17(42)27(18)43/h1-6,37-48H,(H,49,50)(H,51,52)(H,53,54)(H,55,56). The number of aromatic nitrogens is 4. The molecular weight excluding hydrogens is 744 g/mol. The summed E-state index contributed by atoms with van der Waals surface area (Å²) in [6, 6.07) is 5.93. The van der Waals surface area contributed by atoms with Gasteiger partial charge in [0.2, 0.25) is 0 Å². The number of fused-ring (bicyclic) bond motifs is 4. The van der Waals surface area contributed by atoms with Gasteiger partial charge in [-0.15, -0.1) is 0 Å². The Hall–Kier alpha value is -8.68. The summed E-state index contributed by atoms with van der Waals surface area (Å²) in [6.45, 7) is 0. The molecule has 0 atom stereocenters. The molecule has 0 saturated carbocycles. The Morgan fingerprint density at radius 3 is 1.18 bits per heavy atom. The molecule has 0 aliphatic rings. The van der Waals surface area contributed by atoms with Crippen molar-refractivity contribution in [1.29, 1.82) is 0 Å². The maximum atomic E-state index is 12.3. The zero-order valence-corrected chi connectivity index (χ0v) is 27.5. The van der Waals surface area contributed by atoms with Gasteiger partial charge in [-0.25, -0.2) is 19.2 Å². The molecule has 8 aromatic rings. The number of aromatic carboxylic acids is 4. The average molecular weight is 767 g/mol. The van der Waals surface area contributed by atoms with E-state index in [0.717, 1.165) is 36.4 Å². The normalized spacial score (nSPS) is 11.6. The highest BCUT2D eigenvalue weighted by atomic mass is 16.4. The number of hydrogen-bond acceptors (Lipinski definition) is 12. The molecule has 0 spiro atoms. The van der Waals surface area contributed by atoms with Gasteiger partial charge < -0.3 is 81.2 Å². The number of nitrogens with one attached hydrogen (secondary N) is 4. The number of phenolic OH excluding ortho intramolecular Hbond substituents is 8. The molecule has 4 aromatic carbocycles. The molecular formula is C36H22N4O16. The number of carboxylic acid groups (broad SMARTS) is 4. The molecule has 0 fully saturated rings. The van der Waals surface area contributed by atoms with Crippen molar-refractivity contribution in [2.45, 2.75) is 0 Å². The Balaban J connectivity index is 1.54. The highest BCUT2D eigenvalue weighted by Gasteiger charge is 2.34. The predicted octanol–water partition coefficient (Wildman–Crippen LogP) is 5.05. The fraction of sp³-hybridized carbons (Fsp3) is 0. The quantitative estimate of drug-likeness (QED) is 0.0943. The van der Waals surface area contributed by atoms with E-state index >= 15 is 0 Å². The van der Waals surface area contributed by atoms with Crippen LogP contribution in [0.25, 0.3) is 77.0 Å². The summed E-state index contributed by atoms with van der Waals surface area (Å²) in [5, 5.41) is 129. The summed E-state index contributed by atoms with van der Waals surface area (Å²) in [4.78, 5) is 58.3. The summed E-state index contributed by atoms with van der Waals surface area (Å²) in [6.07, 6.45) is 0. The molecule has 282 valence electrons. The van der Waals surface area contributed by atoms with Gasteiger partial charge in [0.05, 0.1) is 38.8 Å². The molecule has 0 aliphatic carbocycles. The van der Waals surface area contributed by atoms with E-state index in [1.165, 1.54) is 0 Å². The number of aromatic hydroxyl groups is 8. The highest BCUT2D eigenvalue weighted by Crippen LogP contribution is 2.60. The second-order valence-corrected chi connectivity index (χ2v) is 12.6. The van der Waals surface area contributed by atoms with Crippen molar-refractivity contribution in [3.8, 4) is 79.4 Å². The lowest BCUT2D eigenvalue weighted by Gasteiger charge is -2.19. The number of H-pyrrole nitrogens is 4. The van der Waals surface area contributed by atoms with Crippen molar-refractivity contribution in [3.05, 3.63) is 59.2 Å². The lowest BCUT2D eigenvalue weighted by molar-refractivity contribution is 0.0681. The largest absolute Gasteiger partial charge is 0.504 e. The van der Waals surface area contributed by atoms with Gasteiger partial charge in [-0.05, 0) is 30.3 Å². The third-order valence-corrected chi connectivity index (χ3v) is 9.49. The lowest BCUT2D eigenvalue weighted by atomic mass is 9.88. The first-order chi connectivity index (χ1) is 26.4. The van der Waals surface area contributed by atoms with Crippen LogP contribution in [-0.4, -0.2) is 105 Å². The van der Waals surface area contributed by atoms with E-state index in [0.29, 0.717) is 0 Å². The van der Waals surface area contributed by atoms with Crippen molar-refractivity contribution in [2.75, 3.05) is 0 Å². The van der Waals surface area contributed by atoms with Gasteiger partial charge in [0, 0.05) is 44.3 Å². The van der Waals surface area contributed by atoms with Crippen LogP contribution in [-0.2, 0) is 0 Å². The summed E-state index contributed by atoms with van der Waals surface area (Å²) < 4.78 is 0. The van der Waals surface area contributed by atoms with Crippen molar-refractivity contribution in [2.24, 2.45) is 0 Å². The van der Waals surface area contributed by atoms with Crippen LogP contribution in [0.2, 0.25) is 0 Å². The average Bonchev–Trinajstić information content (AvgIpc) is 3.94. The molecule has 4 heterocycles. The molecule has 4 aromatic heterocycles. The number of rotatable bonds is 7. The van der Waals surface area contributed by atoms with Gasteiger partial charge in [-0.1, -0.05) is 0 Å². The molecule has 20 nitrogen and oxygen atoms in total. The number of aromatic amines is 4. The number of carboxylic acids is 4. The molecule has 0 saturated heterocycles. The minimum Gasteiger partial charge on any atom is -0.504 e. The number of hydrogen-bond donors (Lipinski definition) is 16. The summed E-state index contributed by atoms with van der Waals surface area (Å²) in [7, 11) is 0. The minimum atomic E-state index is -1.60. The Bertz CT molecular complexity index is 2930. The van der Waals surface area contributed by atoms with Crippen molar-refractivity contribution >= 4 is 67.5 Å². The first-order valence-corrected chi connectivity index (χ1v) is 15.7. The topological polar surface area (TPSA) is 374 Å². The molecule has 56 heavy (non-hydrogen) atoms. The number of benzene rings is 4. The van der Waals surface area contributed by atoms with Crippen LogP contribution in [0.1, 0.15) is 42.0 Å². The third-order valence-electron chi connectivity index (χ3n) is 9.49. The van der Waals surface area contributed by atoms with Gasteiger partial charge >= 0.3 is 23.9 Å². The Morgan fingerprint density at radius 1 is 0.357 bits per heavy atom. The van der Waals surface area contributed by atoms with Crippen molar-refractivity contribution in [3.63, 3.8) is 0 Å². The molecule has 0 unspecified atom stereocenters. The first-order valence-electron chi connectivity index (χ1n) is 15.7. The van der Waals surface area contributed by atoms with E-state index in [4.69, 9.17) is 0 Å². The van der Waals surface area contributed by atoms with E-state index in [1.807, 2.05) is 0 Å². The van der Waals surface area contributed by atoms with Crippen LogP contribution < -0.4 is 0 Å². The summed E-state index contributed by atoms with van der Waals surface area (Å²) in [5.41, 5.74) is -6.68. The number of phenols is 8. The van der Waals surface area contributed by atoms with Crippen LogP contribution >= 0.6 is 0 Å². The van der Waals surface area contributed by atoms with Gasteiger partial charge in [-0.3, -0.25) is 0 Å². The second-order valence-electron chi connectivity index (χ2n) is 12.6. The Labute approximate surface area is 306 Å². The second kappa shape index (κ2) is 11.4. The van der Waals surface area contributed by atoms with Crippen LogP contribution in [0, 0.1) is 0 Å². The van der Waals surface area contributed by atoms with E-state index in [9.17, 15) is 80.5 Å². The Kier molecular flexibility index (Phi) is 7.01. The van der Waals surface area contributed by atoms with Gasteiger partial charge in [0.1, 0.15) is 22.8 Å². The maximum absolute atomic E-state index is 12.3. The van der Waals surface area contributed by atoms with Crippen LogP contribution in [0.5, 0.6) is 46.0 Å². The van der Waals surface area contributed by atoms with Crippen molar-refractivity contribution in [1.82, 2.24) is 19.9 Å². The minimum absolute atomic E-state index is 0.00611. The van der Waals surface area contributed by atoms with Gasteiger partial charge in [0.25, 0.3) is 0 Å². The van der Waals surface area contributed by atoms with Crippen LogP contribution in [0.15, 0.2) is 36.4 Å². The molecule has 0 amide bonds. The lowest BCUT2D eigenvalue weighted by Crippen LogP contribution is -1.96. The predicted molar refractivity (Wildman–Crippen MR) is 191 cm³/mol. The third kappa shape index (κ3) is 4.59. The monoisotopic (exact) mass is 766 g/mol. The zero-order valence-electron chi connectivity index (χ0n) is 27.5. The molecule has 0 bridgehead atoms. The van der Waals surface area contributed by atoms with Gasteiger partial charge in [-0.2, -0.15) is 0 Å². The fourth-order valence-electron chi connectivity index (χ4n) is 7.12. The molecule has 0 aliphatic heterocycles. The number of carbonyl (C=O) groups is 4. The smallest absolute Gasteiger partial charge is 0.352 e. The SMILES string of the molecule is O=C(O)c1cc2c(-c3c(O)c(O)c(-c4c(O)c(O)c(-c5c(O)c(O)cc6cc(C(=O)O)[nH]c56)c5cc(C(=O)O)[nH]c45)c4cc(C(=O)O)[nH]c34)c(O)c(O)cc2[nH]1. The van der Waals surface area contributed by atoms with Gasteiger partial charge in [0.15, 0.2) is 46.0 Å². The Morgan fingerprint density at radius 2 is 0.696 bits per heavy atom. The first kappa shape index (κ1) is 34.4. The fourth-order valence-corrected chi connectivity index (χ4v) is 7.12. The van der Waals surface area contributed by atoms with Crippen molar-refractivity contribution < 1.29 is 80.5 Å².